The third-order valence-corrected chi connectivity index (χ3v) is 3.20. The van der Waals surface area contributed by atoms with Crippen LogP contribution in [0, 0.1) is 0 Å². The summed E-state index contributed by atoms with van der Waals surface area (Å²) in [5.74, 6) is 0.613. The van der Waals surface area contributed by atoms with E-state index >= 15 is 0 Å². The van der Waals surface area contributed by atoms with E-state index in [0.717, 1.165) is 12.2 Å². The van der Waals surface area contributed by atoms with E-state index in [1.165, 1.54) is 11.8 Å². The lowest BCUT2D eigenvalue weighted by Crippen LogP contribution is -2.00. The molecule has 0 saturated heterocycles. The van der Waals surface area contributed by atoms with Gasteiger partial charge in [0.1, 0.15) is 5.75 Å². The summed E-state index contributed by atoms with van der Waals surface area (Å²) in [4.78, 5) is 11.7. The number of aromatic carboxylic acids is 1. The summed E-state index contributed by atoms with van der Waals surface area (Å²) in [5.41, 5.74) is 0.313. The molecular weight excluding hydrogens is 212 g/mol. The van der Waals surface area contributed by atoms with E-state index in [2.05, 4.69) is 6.92 Å². The van der Waals surface area contributed by atoms with Gasteiger partial charge in [0, 0.05) is 0 Å². The molecule has 4 heteroatoms. The lowest BCUT2D eigenvalue weighted by molar-refractivity contribution is 0.0692. The van der Waals surface area contributed by atoms with Gasteiger partial charge in [-0.2, -0.15) is 0 Å². The van der Waals surface area contributed by atoms with Crippen LogP contribution in [0.1, 0.15) is 23.7 Å². The highest BCUT2D eigenvalue weighted by atomic mass is 32.2. The van der Waals surface area contributed by atoms with Crippen molar-refractivity contribution >= 4 is 17.7 Å². The second kappa shape index (κ2) is 5.66. The predicted molar refractivity (Wildman–Crippen MR) is 61.0 cm³/mol. The maximum atomic E-state index is 11.0. The zero-order valence-corrected chi connectivity index (χ0v) is 9.63. The number of methoxy groups -OCH3 is 1. The zero-order valence-electron chi connectivity index (χ0n) is 8.82. The minimum atomic E-state index is -0.910. The van der Waals surface area contributed by atoms with Gasteiger partial charge in [-0.15, -0.1) is 11.8 Å². The molecule has 0 unspecified atom stereocenters. The van der Waals surface area contributed by atoms with Crippen LogP contribution in [0.25, 0.3) is 0 Å². The van der Waals surface area contributed by atoms with Crippen molar-refractivity contribution in [3.05, 3.63) is 23.8 Å². The van der Waals surface area contributed by atoms with E-state index < -0.39 is 5.97 Å². The van der Waals surface area contributed by atoms with Crippen molar-refractivity contribution in [3.63, 3.8) is 0 Å². The molecule has 0 aliphatic rings. The number of rotatable bonds is 5. The van der Waals surface area contributed by atoms with Gasteiger partial charge in [0.05, 0.1) is 17.6 Å². The largest absolute Gasteiger partial charge is 0.496 e. The molecule has 0 radical (unpaired) electrons. The minimum absolute atomic E-state index is 0.313. The van der Waals surface area contributed by atoms with Crippen molar-refractivity contribution in [1.29, 1.82) is 0 Å². The molecule has 1 aromatic rings. The molecule has 0 spiro atoms. The molecule has 0 heterocycles. The van der Waals surface area contributed by atoms with Crippen LogP contribution in [0.4, 0.5) is 0 Å². The fourth-order valence-electron chi connectivity index (χ4n) is 1.20. The molecule has 0 fully saturated rings. The molecule has 82 valence electrons. The Morgan fingerprint density at radius 3 is 2.80 bits per heavy atom. The van der Waals surface area contributed by atoms with E-state index in [0.29, 0.717) is 16.2 Å². The van der Waals surface area contributed by atoms with Gasteiger partial charge in [-0.1, -0.05) is 13.0 Å². The minimum Gasteiger partial charge on any atom is -0.496 e. The topological polar surface area (TPSA) is 46.5 Å². The van der Waals surface area contributed by atoms with Crippen LogP contribution >= 0.6 is 11.8 Å². The monoisotopic (exact) mass is 226 g/mol. The smallest absolute Gasteiger partial charge is 0.336 e. The van der Waals surface area contributed by atoms with E-state index in [-0.39, 0.29) is 0 Å². The van der Waals surface area contributed by atoms with Crippen LogP contribution in [-0.4, -0.2) is 23.9 Å². The van der Waals surface area contributed by atoms with Gasteiger partial charge in [0.15, 0.2) is 0 Å². The van der Waals surface area contributed by atoms with Crippen molar-refractivity contribution in [2.75, 3.05) is 12.9 Å². The number of carbonyl (C=O) groups is 1. The highest BCUT2D eigenvalue weighted by Gasteiger charge is 2.14. The Bertz CT molecular complexity index is 350. The Morgan fingerprint density at radius 2 is 2.27 bits per heavy atom. The number of benzene rings is 1. The van der Waals surface area contributed by atoms with Gasteiger partial charge in [0.2, 0.25) is 0 Å². The van der Waals surface area contributed by atoms with Crippen LogP contribution in [0.15, 0.2) is 23.1 Å². The average Bonchev–Trinajstić information content (AvgIpc) is 2.25. The summed E-state index contributed by atoms with van der Waals surface area (Å²) in [7, 11) is 1.55. The lowest BCUT2D eigenvalue weighted by Gasteiger charge is -2.10. The van der Waals surface area contributed by atoms with Gasteiger partial charge in [-0.25, -0.2) is 4.79 Å². The summed E-state index contributed by atoms with van der Waals surface area (Å²) in [5, 5.41) is 9.02. The molecule has 1 aromatic carbocycles. The second-order valence-corrected chi connectivity index (χ2v) is 4.10. The number of thioether (sulfide) groups is 1. The van der Waals surface area contributed by atoms with Gasteiger partial charge in [-0.05, 0) is 24.3 Å². The third kappa shape index (κ3) is 2.89. The molecule has 0 aliphatic carbocycles. The number of hydrogen-bond acceptors (Lipinski definition) is 3. The number of carboxylic acids is 1. The quantitative estimate of drug-likeness (QED) is 0.784. The first-order chi connectivity index (χ1) is 7.20. The molecule has 0 saturated carbocycles. The second-order valence-electron chi connectivity index (χ2n) is 2.99. The van der Waals surface area contributed by atoms with Crippen LogP contribution in [0.2, 0.25) is 0 Å². The van der Waals surface area contributed by atoms with Crippen LogP contribution in [0.3, 0.4) is 0 Å². The van der Waals surface area contributed by atoms with Crippen molar-refractivity contribution in [1.82, 2.24) is 0 Å². The van der Waals surface area contributed by atoms with Crippen molar-refractivity contribution < 1.29 is 14.6 Å². The molecule has 0 amide bonds. The van der Waals surface area contributed by atoms with E-state index in [1.54, 1.807) is 25.3 Å². The first-order valence-electron chi connectivity index (χ1n) is 4.73. The van der Waals surface area contributed by atoms with Gasteiger partial charge in [-0.3, -0.25) is 0 Å². The molecule has 0 bridgehead atoms. The zero-order chi connectivity index (χ0) is 11.3. The Hall–Kier alpha value is -1.16. The highest BCUT2D eigenvalue weighted by molar-refractivity contribution is 7.99. The maximum Gasteiger partial charge on any atom is 0.336 e. The van der Waals surface area contributed by atoms with Gasteiger partial charge >= 0.3 is 5.97 Å². The Labute approximate surface area is 93.4 Å². The molecule has 3 nitrogen and oxygen atoms in total. The molecule has 1 N–H and O–H groups in total. The van der Waals surface area contributed by atoms with Crippen molar-refractivity contribution in [2.24, 2.45) is 0 Å². The summed E-state index contributed by atoms with van der Waals surface area (Å²) in [6.07, 6.45) is 1.00. The number of ether oxygens (including phenoxy) is 1. The molecule has 15 heavy (non-hydrogen) atoms. The Kier molecular flexibility index (Phi) is 4.49. The van der Waals surface area contributed by atoms with Gasteiger partial charge < -0.3 is 9.84 Å². The van der Waals surface area contributed by atoms with E-state index in [1.807, 2.05) is 0 Å². The van der Waals surface area contributed by atoms with Crippen molar-refractivity contribution in [3.8, 4) is 5.75 Å². The standard InChI is InChI=1S/C11H14O3S/c1-3-7-15-10-8(11(12)13)5-4-6-9(10)14-2/h4-6H,3,7H2,1-2H3,(H,12,13). The predicted octanol–water partition coefficient (Wildman–Crippen LogP) is 2.90. The third-order valence-electron chi connectivity index (χ3n) is 1.88. The Morgan fingerprint density at radius 1 is 1.53 bits per heavy atom. The Balaban J connectivity index is 3.08. The molecule has 0 aromatic heterocycles. The summed E-state index contributed by atoms with van der Waals surface area (Å²) >= 11 is 1.52. The normalized spacial score (nSPS) is 10.0. The summed E-state index contributed by atoms with van der Waals surface area (Å²) < 4.78 is 5.15. The van der Waals surface area contributed by atoms with E-state index in [9.17, 15) is 4.79 Å². The number of carboxylic acid groups (broad SMARTS) is 1. The van der Waals surface area contributed by atoms with E-state index in [4.69, 9.17) is 9.84 Å². The van der Waals surface area contributed by atoms with Crippen LogP contribution < -0.4 is 4.74 Å². The summed E-state index contributed by atoms with van der Waals surface area (Å²) in [6, 6.07) is 5.07. The molecule has 1 rings (SSSR count). The molecular formula is C11H14O3S. The van der Waals surface area contributed by atoms with Crippen LogP contribution in [0.5, 0.6) is 5.75 Å². The molecule has 0 aliphatic heterocycles. The molecule has 0 atom stereocenters. The summed E-state index contributed by atoms with van der Waals surface area (Å²) in [6.45, 7) is 2.06. The SMILES string of the molecule is CCCSc1c(OC)cccc1C(=O)O. The van der Waals surface area contributed by atoms with Crippen LogP contribution in [-0.2, 0) is 0 Å². The average molecular weight is 226 g/mol. The highest BCUT2D eigenvalue weighted by Crippen LogP contribution is 2.32. The lowest BCUT2D eigenvalue weighted by atomic mass is 10.2. The van der Waals surface area contributed by atoms with Gasteiger partial charge in [0.25, 0.3) is 0 Å². The van der Waals surface area contributed by atoms with Crippen molar-refractivity contribution in [2.45, 2.75) is 18.2 Å². The fraction of sp³-hybridized carbons (Fsp3) is 0.364. The first kappa shape index (κ1) is 11.9. The first-order valence-corrected chi connectivity index (χ1v) is 5.72. The fourth-order valence-corrected chi connectivity index (χ4v) is 2.21. The number of hydrogen-bond donors (Lipinski definition) is 1. The maximum absolute atomic E-state index is 11.0.